The third kappa shape index (κ3) is 8.80. The van der Waals surface area contributed by atoms with Gasteiger partial charge in [-0.25, -0.2) is 4.98 Å². The fraction of sp³-hybridized carbons (Fsp3) is 0.125. The quantitative estimate of drug-likeness (QED) is 0.161. The Labute approximate surface area is 381 Å². The average Bonchev–Trinajstić information content (AvgIpc) is 3.91. The van der Waals surface area contributed by atoms with Crippen LogP contribution in [0.2, 0.25) is 15.9 Å². The van der Waals surface area contributed by atoms with Crippen molar-refractivity contribution in [2.45, 2.75) is 38.9 Å². The van der Waals surface area contributed by atoms with E-state index in [2.05, 4.69) is 136 Å². The topological polar surface area (TPSA) is 95.8 Å². The molecule has 306 valence electrons. The van der Waals surface area contributed by atoms with Gasteiger partial charge in [-0.2, -0.15) is 24.9 Å². The summed E-state index contributed by atoms with van der Waals surface area (Å²) < 4.78 is 17.4. The molecule has 14 heteroatoms. The zero-order chi connectivity index (χ0) is 43.0. The highest BCUT2D eigenvalue weighted by Crippen LogP contribution is 2.39. The summed E-state index contributed by atoms with van der Waals surface area (Å²) in [7, 11) is -0.292. The van der Waals surface area contributed by atoms with E-state index in [1.54, 1.807) is 11.3 Å². The normalized spacial score (nSPS) is 14.1. The number of thiophene rings is 2. The van der Waals surface area contributed by atoms with Crippen LogP contribution in [0.1, 0.15) is 27.7 Å². The van der Waals surface area contributed by atoms with Crippen molar-refractivity contribution in [3.05, 3.63) is 161 Å². The van der Waals surface area contributed by atoms with E-state index in [0.717, 1.165) is 22.2 Å². The fourth-order valence-corrected chi connectivity index (χ4v) is 9.79. The predicted molar refractivity (Wildman–Crippen MR) is 259 cm³/mol. The molecule has 0 unspecified atom stereocenters. The molecule has 4 aromatic heterocycles. The van der Waals surface area contributed by atoms with Crippen LogP contribution in [-0.2, 0) is 9.31 Å². The molecular weight excluding hydrogens is 874 g/mol. The van der Waals surface area contributed by atoms with Gasteiger partial charge in [0.2, 0.25) is 15.9 Å². The Balaban J connectivity index is 0.000000124. The van der Waals surface area contributed by atoms with E-state index in [-0.39, 0.29) is 34.2 Å². The second kappa shape index (κ2) is 17.4. The van der Waals surface area contributed by atoms with Crippen LogP contribution < -0.4 is 5.46 Å². The third-order valence-corrected chi connectivity index (χ3v) is 13.6. The molecule has 0 aliphatic carbocycles. The fourth-order valence-electron chi connectivity index (χ4n) is 6.97. The van der Waals surface area contributed by atoms with Crippen molar-refractivity contribution in [3.63, 3.8) is 0 Å². The molecule has 62 heavy (non-hydrogen) atoms. The maximum Gasteiger partial charge on any atom is 0.494 e. The molecule has 1 aliphatic heterocycles. The monoisotopic (exact) mass is 908 g/mol. The van der Waals surface area contributed by atoms with Crippen molar-refractivity contribution < 1.29 is 9.31 Å². The van der Waals surface area contributed by atoms with E-state index in [1.807, 2.05) is 78.1 Å². The first-order valence-corrected chi connectivity index (χ1v) is 22.5. The lowest BCUT2D eigenvalue weighted by Crippen LogP contribution is -2.41. The number of benzene rings is 6. The molecule has 8 nitrogen and oxygen atoms in total. The van der Waals surface area contributed by atoms with Gasteiger partial charge < -0.3 is 9.31 Å². The zero-order valence-corrected chi connectivity index (χ0v) is 37.8. The largest absolute Gasteiger partial charge is 0.494 e. The minimum atomic E-state index is -0.299. The molecule has 1 fully saturated rings. The highest BCUT2D eigenvalue weighted by Gasteiger charge is 2.51. The summed E-state index contributed by atoms with van der Waals surface area (Å²) in [6, 6.07) is 49.0. The van der Waals surface area contributed by atoms with E-state index < -0.39 is 0 Å². The Bertz CT molecular complexity index is 3190. The zero-order valence-electron chi connectivity index (χ0n) is 33.9. The molecular formula is C48H36BCl3N6O2S2. The first kappa shape index (κ1) is 42.0. The minimum Gasteiger partial charge on any atom is -0.399 e. The number of aromatic nitrogens is 6. The molecule has 1 aliphatic rings. The van der Waals surface area contributed by atoms with E-state index in [0.29, 0.717) is 17.5 Å². The van der Waals surface area contributed by atoms with Crippen LogP contribution in [0.15, 0.2) is 146 Å². The molecule has 10 aromatic rings. The van der Waals surface area contributed by atoms with Crippen molar-refractivity contribution in [3.8, 4) is 34.2 Å². The van der Waals surface area contributed by atoms with Gasteiger partial charge in [-0.1, -0.05) is 121 Å². The highest BCUT2D eigenvalue weighted by molar-refractivity contribution is 7.26. The summed E-state index contributed by atoms with van der Waals surface area (Å²) >= 11 is 21.1. The number of hydrogen-bond acceptors (Lipinski definition) is 10. The van der Waals surface area contributed by atoms with Crippen LogP contribution in [0, 0.1) is 0 Å². The molecule has 6 aromatic carbocycles. The van der Waals surface area contributed by atoms with Crippen molar-refractivity contribution in [1.29, 1.82) is 0 Å². The Kier molecular flexibility index (Phi) is 11.8. The Morgan fingerprint density at radius 2 is 0.806 bits per heavy atom. The SMILES string of the molecule is CC1(C)OB(c2ccc3c(c2)sc2ccccc23)OC1(C)C.Clc1nc(-c2ccccc2)nc(-c2ccc3c(c2)sc2ccccc23)n1.Clc1nc(Cl)nc(-c2ccccc2)n1. The van der Waals surface area contributed by atoms with Gasteiger partial charge in [-0.15, -0.1) is 22.7 Å². The second-order valence-corrected chi connectivity index (χ2v) is 18.6. The maximum atomic E-state index is 6.17. The first-order chi connectivity index (χ1) is 29.9. The molecule has 0 amide bonds. The maximum absolute atomic E-state index is 6.17. The summed E-state index contributed by atoms with van der Waals surface area (Å²) in [6.45, 7) is 8.35. The molecule has 0 saturated carbocycles. The van der Waals surface area contributed by atoms with Gasteiger partial charge in [0.15, 0.2) is 17.5 Å². The summed E-state index contributed by atoms with van der Waals surface area (Å²) in [6.07, 6.45) is 0. The van der Waals surface area contributed by atoms with Gasteiger partial charge in [0.25, 0.3) is 0 Å². The molecule has 11 rings (SSSR count). The van der Waals surface area contributed by atoms with Crippen LogP contribution in [-0.4, -0.2) is 48.2 Å². The van der Waals surface area contributed by atoms with Crippen LogP contribution in [0.4, 0.5) is 0 Å². The molecule has 0 bridgehead atoms. The summed E-state index contributed by atoms with van der Waals surface area (Å²) in [5.41, 5.74) is 3.21. The van der Waals surface area contributed by atoms with Crippen LogP contribution in [0.25, 0.3) is 74.5 Å². The number of hydrogen-bond donors (Lipinski definition) is 0. The molecule has 0 radical (unpaired) electrons. The van der Waals surface area contributed by atoms with Crippen molar-refractivity contribution in [2.75, 3.05) is 0 Å². The Hall–Kier alpha value is -5.37. The lowest BCUT2D eigenvalue weighted by atomic mass is 9.79. The van der Waals surface area contributed by atoms with Crippen molar-refractivity contribution >= 4 is 110 Å². The van der Waals surface area contributed by atoms with Crippen LogP contribution >= 0.6 is 57.5 Å². The smallest absolute Gasteiger partial charge is 0.399 e. The number of fused-ring (bicyclic) bond motifs is 6. The van der Waals surface area contributed by atoms with Crippen molar-refractivity contribution in [1.82, 2.24) is 29.9 Å². The summed E-state index contributed by atoms with van der Waals surface area (Å²) in [4.78, 5) is 24.8. The Morgan fingerprint density at radius 3 is 1.34 bits per heavy atom. The van der Waals surface area contributed by atoms with E-state index in [9.17, 15) is 0 Å². The summed E-state index contributed by atoms with van der Waals surface area (Å²) in [5.74, 6) is 1.65. The van der Waals surface area contributed by atoms with Gasteiger partial charge in [-0.05, 0) is 92.2 Å². The molecule has 5 heterocycles. The van der Waals surface area contributed by atoms with E-state index in [1.165, 1.54) is 40.3 Å². The first-order valence-electron chi connectivity index (χ1n) is 19.7. The van der Waals surface area contributed by atoms with Crippen LogP contribution in [0.3, 0.4) is 0 Å². The second-order valence-electron chi connectivity index (χ2n) is 15.4. The lowest BCUT2D eigenvalue weighted by Gasteiger charge is -2.32. The van der Waals surface area contributed by atoms with Crippen molar-refractivity contribution in [2.24, 2.45) is 0 Å². The predicted octanol–water partition coefficient (Wildman–Crippen LogP) is 13.4. The lowest BCUT2D eigenvalue weighted by molar-refractivity contribution is 0.00578. The average molecular weight is 910 g/mol. The molecule has 0 N–H and O–H groups in total. The number of halogens is 3. The minimum absolute atomic E-state index is 0.101. The Morgan fingerprint density at radius 1 is 0.403 bits per heavy atom. The van der Waals surface area contributed by atoms with Crippen LogP contribution in [0.5, 0.6) is 0 Å². The highest BCUT2D eigenvalue weighted by atomic mass is 35.5. The van der Waals surface area contributed by atoms with Gasteiger partial charge in [0, 0.05) is 57.0 Å². The van der Waals surface area contributed by atoms with Gasteiger partial charge in [0.1, 0.15) is 0 Å². The number of rotatable bonds is 4. The summed E-state index contributed by atoms with van der Waals surface area (Å²) in [5, 5.41) is 5.55. The van der Waals surface area contributed by atoms with Gasteiger partial charge in [-0.3, -0.25) is 0 Å². The van der Waals surface area contributed by atoms with E-state index >= 15 is 0 Å². The molecule has 1 saturated heterocycles. The standard InChI is InChI=1S/C21H12ClN3S.C18H19BO2S.C9H5Cl2N3/c22-21-24-19(13-6-2-1-3-7-13)23-20(25-21)14-10-11-16-15-8-4-5-9-17(15)26-18(16)12-14;1-17(2)18(3,4)21-19(20-17)12-9-10-14-13-7-5-6-8-15(13)22-16(14)11-12;10-8-12-7(13-9(11)14-8)6-4-2-1-3-5-6/h1-12H;5-11H,1-4H3;1-5H. The van der Waals surface area contributed by atoms with Gasteiger partial charge >= 0.3 is 7.12 Å². The number of nitrogens with zero attached hydrogens (tertiary/aromatic N) is 6. The third-order valence-electron chi connectivity index (χ3n) is 10.8. The van der Waals surface area contributed by atoms with Gasteiger partial charge in [0.05, 0.1) is 11.2 Å². The van der Waals surface area contributed by atoms with E-state index in [4.69, 9.17) is 44.1 Å². The molecule has 0 atom stereocenters. The molecule has 0 spiro atoms.